The summed E-state index contributed by atoms with van der Waals surface area (Å²) >= 11 is 4.32. The number of amides is 1. The lowest BCUT2D eigenvalue weighted by Gasteiger charge is -2.29. The minimum atomic E-state index is -0.177. The van der Waals surface area contributed by atoms with Gasteiger partial charge in [0, 0.05) is 13.0 Å². The SMILES string of the molecule is CC1OCCC1(C)NC(=O)CC1(CS)CC1. The Morgan fingerprint density at radius 1 is 1.50 bits per heavy atom. The normalized spacial score (nSPS) is 36.1. The van der Waals surface area contributed by atoms with Crippen LogP contribution in [0, 0.1) is 5.41 Å². The molecule has 0 aromatic heterocycles. The molecule has 1 aliphatic carbocycles. The van der Waals surface area contributed by atoms with Crippen LogP contribution in [0.4, 0.5) is 0 Å². The van der Waals surface area contributed by atoms with E-state index < -0.39 is 0 Å². The Bertz CT molecular complexity index is 291. The quantitative estimate of drug-likeness (QED) is 0.739. The highest BCUT2D eigenvalue weighted by Crippen LogP contribution is 2.49. The van der Waals surface area contributed by atoms with Gasteiger partial charge in [-0.15, -0.1) is 0 Å². The van der Waals surface area contributed by atoms with Gasteiger partial charge in [-0.3, -0.25) is 4.79 Å². The highest BCUT2D eigenvalue weighted by molar-refractivity contribution is 7.80. The predicted octanol–water partition coefficient (Wildman–Crippen LogP) is 1.77. The number of hydrogen-bond acceptors (Lipinski definition) is 3. The van der Waals surface area contributed by atoms with Crippen LogP contribution in [0.2, 0.25) is 0 Å². The summed E-state index contributed by atoms with van der Waals surface area (Å²) in [5.41, 5.74) is 0.0238. The largest absolute Gasteiger partial charge is 0.376 e. The Morgan fingerprint density at radius 2 is 2.19 bits per heavy atom. The van der Waals surface area contributed by atoms with Crippen molar-refractivity contribution in [3.63, 3.8) is 0 Å². The molecular formula is C12H21NO2S. The van der Waals surface area contributed by atoms with Crippen LogP contribution < -0.4 is 5.32 Å². The minimum Gasteiger partial charge on any atom is -0.376 e. The van der Waals surface area contributed by atoms with Crippen molar-refractivity contribution in [3.8, 4) is 0 Å². The highest BCUT2D eigenvalue weighted by atomic mass is 32.1. The van der Waals surface area contributed by atoms with Crippen molar-refractivity contribution < 1.29 is 9.53 Å². The van der Waals surface area contributed by atoms with Crippen molar-refractivity contribution in [1.29, 1.82) is 0 Å². The summed E-state index contributed by atoms with van der Waals surface area (Å²) in [6, 6.07) is 0. The molecule has 1 saturated carbocycles. The van der Waals surface area contributed by atoms with E-state index in [2.05, 4.69) is 24.9 Å². The molecule has 2 atom stereocenters. The molecule has 0 spiro atoms. The van der Waals surface area contributed by atoms with Gasteiger partial charge in [-0.2, -0.15) is 12.6 Å². The molecular weight excluding hydrogens is 222 g/mol. The second-order valence-corrected chi connectivity index (χ2v) is 5.88. The molecule has 0 aromatic carbocycles. The summed E-state index contributed by atoms with van der Waals surface area (Å²) in [4.78, 5) is 12.0. The third kappa shape index (κ3) is 2.38. The number of carbonyl (C=O) groups is 1. The Kier molecular flexibility index (Phi) is 3.23. The number of rotatable bonds is 4. The first-order chi connectivity index (χ1) is 7.50. The molecule has 3 nitrogen and oxygen atoms in total. The van der Waals surface area contributed by atoms with Gasteiger partial charge in [0.25, 0.3) is 0 Å². The monoisotopic (exact) mass is 243 g/mol. The molecule has 0 bridgehead atoms. The van der Waals surface area contributed by atoms with E-state index in [9.17, 15) is 4.79 Å². The molecule has 1 heterocycles. The molecule has 4 heteroatoms. The van der Waals surface area contributed by atoms with Crippen LogP contribution in [0.25, 0.3) is 0 Å². The van der Waals surface area contributed by atoms with Gasteiger partial charge in [-0.05, 0) is 44.3 Å². The molecule has 16 heavy (non-hydrogen) atoms. The van der Waals surface area contributed by atoms with Crippen molar-refractivity contribution in [1.82, 2.24) is 5.32 Å². The van der Waals surface area contributed by atoms with Crippen LogP contribution in [0.1, 0.15) is 39.5 Å². The van der Waals surface area contributed by atoms with Crippen molar-refractivity contribution >= 4 is 18.5 Å². The molecule has 2 unspecified atom stereocenters. The number of carbonyl (C=O) groups excluding carboxylic acids is 1. The van der Waals surface area contributed by atoms with Gasteiger partial charge in [0.2, 0.25) is 5.91 Å². The lowest BCUT2D eigenvalue weighted by molar-refractivity contribution is -0.124. The maximum absolute atomic E-state index is 12.0. The third-order valence-corrected chi connectivity index (χ3v) is 4.81. The van der Waals surface area contributed by atoms with Crippen LogP contribution in [0.15, 0.2) is 0 Å². The topological polar surface area (TPSA) is 38.3 Å². The van der Waals surface area contributed by atoms with Crippen molar-refractivity contribution in [3.05, 3.63) is 0 Å². The Morgan fingerprint density at radius 3 is 2.62 bits per heavy atom. The van der Waals surface area contributed by atoms with Gasteiger partial charge in [0.1, 0.15) is 0 Å². The molecule has 2 aliphatic rings. The first-order valence-electron chi connectivity index (χ1n) is 6.03. The van der Waals surface area contributed by atoms with Crippen molar-refractivity contribution in [2.24, 2.45) is 5.41 Å². The Hall–Kier alpha value is -0.220. The summed E-state index contributed by atoms with van der Waals surface area (Å²) in [6.45, 7) is 4.84. The van der Waals surface area contributed by atoms with Gasteiger partial charge in [0.15, 0.2) is 0 Å². The van der Waals surface area contributed by atoms with Gasteiger partial charge in [-0.1, -0.05) is 0 Å². The lowest BCUT2D eigenvalue weighted by atomic mass is 9.93. The summed E-state index contributed by atoms with van der Waals surface area (Å²) in [5.74, 6) is 0.981. The Labute approximate surface area is 103 Å². The average molecular weight is 243 g/mol. The first-order valence-corrected chi connectivity index (χ1v) is 6.66. The summed E-state index contributed by atoms with van der Waals surface area (Å²) < 4.78 is 5.51. The Balaban J connectivity index is 1.87. The fourth-order valence-corrected chi connectivity index (χ4v) is 2.70. The lowest BCUT2D eigenvalue weighted by Crippen LogP contribution is -2.51. The summed E-state index contributed by atoms with van der Waals surface area (Å²) in [7, 11) is 0. The van der Waals surface area contributed by atoms with Crippen LogP contribution in [-0.4, -0.2) is 29.9 Å². The predicted molar refractivity (Wildman–Crippen MR) is 66.7 cm³/mol. The van der Waals surface area contributed by atoms with Gasteiger partial charge in [0.05, 0.1) is 11.6 Å². The van der Waals surface area contributed by atoms with E-state index in [4.69, 9.17) is 4.74 Å². The zero-order valence-corrected chi connectivity index (χ0v) is 11.0. The van der Waals surface area contributed by atoms with E-state index >= 15 is 0 Å². The summed E-state index contributed by atoms with van der Waals surface area (Å²) in [6.07, 6.45) is 3.94. The summed E-state index contributed by atoms with van der Waals surface area (Å²) in [5, 5.41) is 3.14. The van der Waals surface area contributed by atoms with Crippen LogP contribution >= 0.6 is 12.6 Å². The molecule has 92 valence electrons. The molecule has 2 rings (SSSR count). The van der Waals surface area contributed by atoms with Crippen molar-refractivity contribution in [2.45, 2.75) is 51.2 Å². The van der Waals surface area contributed by atoms with E-state index in [1.165, 1.54) is 0 Å². The molecule has 0 aromatic rings. The standard InChI is InChI=1S/C12H21NO2S/c1-9-11(2,5-6-15-9)13-10(14)7-12(8-16)3-4-12/h9,16H,3-8H2,1-2H3,(H,13,14). The molecule has 2 fully saturated rings. The zero-order valence-electron chi connectivity index (χ0n) is 10.1. The molecule has 1 N–H and O–H groups in total. The van der Waals surface area contributed by atoms with E-state index in [0.717, 1.165) is 31.6 Å². The number of thiol groups is 1. The van der Waals surface area contributed by atoms with E-state index in [-0.39, 0.29) is 23.0 Å². The number of ether oxygens (including phenoxy) is 1. The van der Waals surface area contributed by atoms with E-state index in [0.29, 0.717) is 6.42 Å². The van der Waals surface area contributed by atoms with Gasteiger partial charge < -0.3 is 10.1 Å². The second kappa shape index (κ2) is 4.22. The second-order valence-electron chi connectivity index (χ2n) is 5.56. The van der Waals surface area contributed by atoms with E-state index in [1.54, 1.807) is 0 Å². The minimum absolute atomic E-state index is 0.114. The smallest absolute Gasteiger partial charge is 0.221 e. The fraction of sp³-hybridized carbons (Fsp3) is 0.917. The maximum atomic E-state index is 12.0. The van der Waals surface area contributed by atoms with Gasteiger partial charge in [-0.25, -0.2) is 0 Å². The molecule has 0 radical (unpaired) electrons. The average Bonchev–Trinajstić information content (AvgIpc) is 2.90. The van der Waals surface area contributed by atoms with Crippen LogP contribution in [0.3, 0.4) is 0 Å². The fourth-order valence-electron chi connectivity index (χ4n) is 2.27. The van der Waals surface area contributed by atoms with Crippen LogP contribution in [0.5, 0.6) is 0 Å². The van der Waals surface area contributed by atoms with Gasteiger partial charge >= 0.3 is 0 Å². The van der Waals surface area contributed by atoms with Crippen LogP contribution in [-0.2, 0) is 9.53 Å². The highest BCUT2D eigenvalue weighted by Gasteiger charge is 2.45. The maximum Gasteiger partial charge on any atom is 0.221 e. The third-order valence-electron chi connectivity index (χ3n) is 4.14. The molecule has 1 aliphatic heterocycles. The number of hydrogen-bond donors (Lipinski definition) is 2. The number of nitrogens with one attached hydrogen (secondary N) is 1. The first kappa shape index (κ1) is 12.2. The molecule has 1 amide bonds. The van der Waals surface area contributed by atoms with Crippen molar-refractivity contribution in [2.75, 3.05) is 12.4 Å². The zero-order chi connectivity index (χ0) is 11.8. The molecule has 1 saturated heterocycles. The van der Waals surface area contributed by atoms with E-state index in [1.807, 2.05) is 6.92 Å².